The lowest BCUT2D eigenvalue weighted by Gasteiger charge is -2.38. The molecular formula is C24H29N7O. The van der Waals surface area contributed by atoms with Gasteiger partial charge in [-0.3, -0.25) is 9.48 Å². The molecule has 1 amide bonds. The highest BCUT2D eigenvalue weighted by Crippen LogP contribution is 2.35. The van der Waals surface area contributed by atoms with Crippen LogP contribution in [0.25, 0.3) is 22.3 Å². The maximum atomic E-state index is 13.0. The molecule has 0 unspecified atom stereocenters. The number of nitrogens with one attached hydrogen (secondary N) is 1. The number of amides is 1. The molecule has 1 aliphatic heterocycles. The van der Waals surface area contributed by atoms with Gasteiger partial charge >= 0.3 is 0 Å². The van der Waals surface area contributed by atoms with Crippen molar-refractivity contribution in [2.45, 2.75) is 32.6 Å². The van der Waals surface area contributed by atoms with Gasteiger partial charge in [0.1, 0.15) is 11.7 Å². The summed E-state index contributed by atoms with van der Waals surface area (Å²) in [6, 6.07) is 4.36. The molecule has 1 saturated heterocycles. The second kappa shape index (κ2) is 8.30. The lowest BCUT2D eigenvalue weighted by Crippen LogP contribution is -2.50. The third-order valence-corrected chi connectivity index (χ3v) is 7.07. The van der Waals surface area contributed by atoms with E-state index < -0.39 is 0 Å². The Morgan fingerprint density at radius 3 is 2.59 bits per heavy atom. The number of hydrogen-bond donors (Lipinski definition) is 1. The number of aryl methyl sites for hydroxylation is 1. The predicted molar refractivity (Wildman–Crippen MR) is 123 cm³/mol. The molecule has 166 valence electrons. The first kappa shape index (κ1) is 20.6. The normalized spacial score (nSPS) is 21.7. The molecule has 2 fully saturated rings. The van der Waals surface area contributed by atoms with Crippen LogP contribution >= 0.6 is 0 Å². The Hall–Kier alpha value is -3.34. The summed E-state index contributed by atoms with van der Waals surface area (Å²) in [5.41, 5.74) is 3.90. The molecule has 0 spiro atoms. The molecule has 0 radical (unpaired) electrons. The smallest absolute Gasteiger partial charge is 0.225 e. The molecule has 8 nitrogen and oxygen atoms in total. The fourth-order valence-electron chi connectivity index (χ4n) is 5.17. The van der Waals surface area contributed by atoms with E-state index in [-0.39, 0.29) is 5.92 Å². The zero-order valence-corrected chi connectivity index (χ0v) is 18.7. The number of piperazine rings is 1. The number of pyridine rings is 1. The van der Waals surface area contributed by atoms with Gasteiger partial charge < -0.3 is 14.8 Å². The third kappa shape index (κ3) is 3.62. The van der Waals surface area contributed by atoms with Crippen molar-refractivity contribution in [3.8, 4) is 17.3 Å². The van der Waals surface area contributed by atoms with Crippen LogP contribution in [0.3, 0.4) is 0 Å². The number of carbonyl (C=O) groups is 1. The monoisotopic (exact) mass is 431 g/mol. The van der Waals surface area contributed by atoms with Crippen LogP contribution in [0, 0.1) is 23.2 Å². The van der Waals surface area contributed by atoms with E-state index in [1.807, 2.05) is 24.2 Å². The first-order valence-electron chi connectivity index (χ1n) is 11.5. The van der Waals surface area contributed by atoms with Gasteiger partial charge in [-0.05, 0) is 37.7 Å². The molecule has 1 aliphatic carbocycles. The highest BCUT2D eigenvalue weighted by molar-refractivity contribution is 6.00. The number of rotatable bonds is 3. The molecule has 0 aromatic carbocycles. The Kier molecular flexibility index (Phi) is 5.33. The number of nitrogens with zero attached hydrogens (tertiary/aromatic N) is 6. The van der Waals surface area contributed by atoms with Crippen LogP contribution in [0.5, 0.6) is 0 Å². The molecule has 0 atom stereocenters. The van der Waals surface area contributed by atoms with Gasteiger partial charge in [-0.15, -0.1) is 0 Å². The average Bonchev–Trinajstić information content (AvgIpc) is 3.42. The number of fused-ring (bicyclic) bond motifs is 1. The van der Waals surface area contributed by atoms with Gasteiger partial charge in [0, 0.05) is 57.1 Å². The van der Waals surface area contributed by atoms with Crippen molar-refractivity contribution in [3.63, 3.8) is 0 Å². The minimum Gasteiger partial charge on any atom is -0.367 e. The first-order valence-corrected chi connectivity index (χ1v) is 11.5. The van der Waals surface area contributed by atoms with Crippen LogP contribution in [-0.4, -0.2) is 56.7 Å². The molecule has 5 rings (SSSR count). The number of H-pyrrole nitrogens is 1. The first-order chi connectivity index (χ1) is 15.5. The van der Waals surface area contributed by atoms with Gasteiger partial charge in [0.15, 0.2) is 0 Å². The van der Waals surface area contributed by atoms with Crippen LogP contribution in [0.1, 0.15) is 38.2 Å². The van der Waals surface area contributed by atoms with Crippen LogP contribution in [0.2, 0.25) is 0 Å². The van der Waals surface area contributed by atoms with E-state index in [2.05, 4.69) is 33.0 Å². The van der Waals surface area contributed by atoms with Crippen molar-refractivity contribution < 1.29 is 4.79 Å². The summed E-state index contributed by atoms with van der Waals surface area (Å²) in [5, 5.41) is 15.1. The van der Waals surface area contributed by atoms with Crippen LogP contribution in [0.15, 0.2) is 24.7 Å². The Balaban J connectivity index is 1.37. The molecule has 3 aromatic rings. The third-order valence-electron chi connectivity index (χ3n) is 7.07. The zero-order valence-electron chi connectivity index (χ0n) is 18.7. The number of anilines is 1. The predicted octanol–water partition coefficient (Wildman–Crippen LogP) is 3.31. The van der Waals surface area contributed by atoms with Gasteiger partial charge in [-0.1, -0.05) is 6.92 Å². The number of hydrogen-bond acceptors (Lipinski definition) is 5. The van der Waals surface area contributed by atoms with Crippen molar-refractivity contribution in [1.82, 2.24) is 24.6 Å². The van der Waals surface area contributed by atoms with Crippen LogP contribution in [0.4, 0.5) is 5.69 Å². The second-order valence-corrected chi connectivity index (χ2v) is 9.21. The Labute approximate surface area is 187 Å². The van der Waals surface area contributed by atoms with Crippen LogP contribution < -0.4 is 4.90 Å². The van der Waals surface area contributed by atoms with E-state index in [0.29, 0.717) is 17.1 Å². The maximum absolute atomic E-state index is 13.0. The van der Waals surface area contributed by atoms with Crippen molar-refractivity contribution in [2.24, 2.45) is 18.9 Å². The van der Waals surface area contributed by atoms with E-state index in [4.69, 9.17) is 0 Å². The number of aromatic nitrogens is 4. The lowest BCUT2D eigenvalue weighted by atomic mass is 9.82. The minimum atomic E-state index is 0.197. The fraction of sp³-hybridized carbons (Fsp3) is 0.500. The topological polar surface area (TPSA) is 93.8 Å². The van der Waals surface area contributed by atoms with Gasteiger partial charge in [0.2, 0.25) is 5.91 Å². The Morgan fingerprint density at radius 2 is 1.94 bits per heavy atom. The number of carbonyl (C=O) groups excluding carboxylic acids is 1. The molecular weight excluding hydrogens is 402 g/mol. The van der Waals surface area contributed by atoms with E-state index >= 15 is 0 Å². The van der Waals surface area contributed by atoms with Crippen LogP contribution in [-0.2, 0) is 11.8 Å². The Morgan fingerprint density at radius 1 is 1.19 bits per heavy atom. The number of aromatic amines is 1. The van der Waals surface area contributed by atoms with Crippen molar-refractivity contribution in [1.29, 1.82) is 5.26 Å². The van der Waals surface area contributed by atoms with E-state index in [0.717, 1.165) is 80.1 Å². The summed E-state index contributed by atoms with van der Waals surface area (Å²) in [7, 11) is 1.86. The summed E-state index contributed by atoms with van der Waals surface area (Å²) in [4.78, 5) is 25.1. The molecule has 1 N–H and O–H groups in total. The van der Waals surface area contributed by atoms with Crippen molar-refractivity contribution in [2.75, 3.05) is 31.1 Å². The fourth-order valence-corrected chi connectivity index (χ4v) is 5.17. The molecule has 3 aromatic heterocycles. The van der Waals surface area contributed by atoms with Gasteiger partial charge in [0.25, 0.3) is 0 Å². The maximum Gasteiger partial charge on any atom is 0.225 e. The summed E-state index contributed by atoms with van der Waals surface area (Å²) >= 11 is 0. The van der Waals surface area contributed by atoms with Gasteiger partial charge in [0.05, 0.1) is 28.5 Å². The van der Waals surface area contributed by atoms with Gasteiger partial charge in [-0.2, -0.15) is 10.4 Å². The van der Waals surface area contributed by atoms with Crippen molar-refractivity contribution >= 4 is 22.6 Å². The summed E-state index contributed by atoms with van der Waals surface area (Å²) < 4.78 is 1.72. The second-order valence-electron chi connectivity index (χ2n) is 9.21. The van der Waals surface area contributed by atoms with E-state index in [9.17, 15) is 10.1 Å². The SMILES string of the molecule is Cn1cc(-c2[nH]c3nccc(N4CCN(C(=O)[C@H]5CC[C@H](C)CC5)CC4)c3c2C#N)cn1. The standard InChI is InChI=1S/C24H29N7O/c1-16-3-5-17(6-4-16)24(32)31-11-9-30(10-12-31)20-7-8-26-23-21(20)19(13-25)22(28-23)18-14-27-29(2)15-18/h7-8,14-17H,3-6,9-12H2,1-2H3,(H,26,28)/t16-,17-. The van der Waals surface area contributed by atoms with Crippen molar-refractivity contribution in [3.05, 3.63) is 30.2 Å². The highest BCUT2D eigenvalue weighted by Gasteiger charge is 2.31. The lowest BCUT2D eigenvalue weighted by molar-refractivity contribution is -0.137. The minimum absolute atomic E-state index is 0.197. The average molecular weight is 432 g/mol. The summed E-state index contributed by atoms with van der Waals surface area (Å²) in [6.45, 7) is 5.23. The Bertz CT molecular complexity index is 1170. The highest BCUT2D eigenvalue weighted by atomic mass is 16.2. The largest absolute Gasteiger partial charge is 0.367 e. The molecule has 4 heterocycles. The van der Waals surface area contributed by atoms with E-state index in [1.165, 1.54) is 0 Å². The quantitative estimate of drug-likeness (QED) is 0.687. The van der Waals surface area contributed by atoms with Gasteiger partial charge in [-0.25, -0.2) is 4.98 Å². The number of nitriles is 1. The molecule has 1 saturated carbocycles. The summed E-state index contributed by atoms with van der Waals surface area (Å²) in [5.74, 6) is 1.27. The zero-order chi connectivity index (χ0) is 22.2. The molecule has 32 heavy (non-hydrogen) atoms. The molecule has 0 bridgehead atoms. The molecule has 2 aliphatic rings. The molecule has 8 heteroatoms. The summed E-state index contributed by atoms with van der Waals surface area (Å²) in [6.07, 6.45) is 9.80. The van der Waals surface area contributed by atoms with E-state index in [1.54, 1.807) is 17.1 Å².